The molecule has 0 aliphatic heterocycles. The quantitative estimate of drug-likeness (QED) is 0.905. The smallest absolute Gasteiger partial charge is 0.250 e. The van der Waals surface area contributed by atoms with Crippen LogP contribution in [0.1, 0.15) is 69.5 Å². The van der Waals surface area contributed by atoms with Crippen molar-refractivity contribution in [2.45, 2.75) is 63.3 Å². The molecule has 0 spiro atoms. The van der Waals surface area contributed by atoms with Gasteiger partial charge in [0.1, 0.15) is 0 Å². The molecule has 0 bridgehead atoms. The zero-order valence-electron chi connectivity index (χ0n) is 11.5. The maximum atomic E-state index is 6.32. The van der Waals surface area contributed by atoms with E-state index in [0.717, 1.165) is 25.7 Å². The van der Waals surface area contributed by atoms with Gasteiger partial charge in [-0.1, -0.05) is 43.3 Å². The fourth-order valence-electron chi connectivity index (χ4n) is 3.28. The van der Waals surface area contributed by atoms with Gasteiger partial charge in [0, 0.05) is 0 Å². The normalized spacial score (nSPS) is 24.3. The van der Waals surface area contributed by atoms with Gasteiger partial charge in [-0.15, -0.1) is 0 Å². The van der Waals surface area contributed by atoms with E-state index in [9.17, 15) is 0 Å². The van der Waals surface area contributed by atoms with Crippen molar-refractivity contribution >= 4 is 6.08 Å². The van der Waals surface area contributed by atoms with Gasteiger partial charge in [0.25, 0.3) is 0 Å². The number of hydrogen-bond acceptors (Lipinski definition) is 4. The molecular formula is C15H23N3O. The Morgan fingerprint density at radius 2 is 1.84 bits per heavy atom. The van der Waals surface area contributed by atoms with Crippen LogP contribution in [0.4, 0.5) is 0 Å². The highest BCUT2D eigenvalue weighted by atomic mass is 16.5. The van der Waals surface area contributed by atoms with E-state index < -0.39 is 0 Å². The standard InChI is InChI=1S/C15H23N3O/c16-15(10-4-5-11-15)14-17-13(19-18-14)9-8-12-6-2-1-3-7-12/h8-9,12H,1-7,10-11,16H2/b9-8+. The highest BCUT2D eigenvalue weighted by Crippen LogP contribution is 2.34. The Balaban J connectivity index is 1.65. The SMILES string of the molecule is NC1(c2noc(/C=C/C3CCCCC3)n2)CCCC1. The van der Waals surface area contributed by atoms with Crippen LogP contribution >= 0.6 is 0 Å². The highest BCUT2D eigenvalue weighted by molar-refractivity contribution is 5.38. The van der Waals surface area contributed by atoms with E-state index in [1.54, 1.807) is 0 Å². The number of allylic oxidation sites excluding steroid dienone is 1. The molecule has 0 amide bonds. The third-order valence-corrected chi connectivity index (χ3v) is 4.54. The molecular weight excluding hydrogens is 238 g/mol. The minimum atomic E-state index is -0.347. The van der Waals surface area contributed by atoms with Crippen molar-refractivity contribution in [3.63, 3.8) is 0 Å². The highest BCUT2D eigenvalue weighted by Gasteiger charge is 2.35. The summed E-state index contributed by atoms with van der Waals surface area (Å²) in [5.41, 5.74) is 5.98. The summed E-state index contributed by atoms with van der Waals surface area (Å²) in [6.07, 6.45) is 15.1. The van der Waals surface area contributed by atoms with Gasteiger partial charge in [-0.3, -0.25) is 0 Å². The summed E-state index contributed by atoms with van der Waals surface area (Å²) >= 11 is 0. The number of hydrogen-bond donors (Lipinski definition) is 1. The lowest BCUT2D eigenvalue weighted by Gasteiger charge is -2.17. The van der Waals surface area contributed by atoms with Gasteiger partial charge in [-0.25, -0.2) is 0 Å². The van der Waals surface area contributed by atoms with Gasteiger partial charge >= 0.3 is 0 Å². The molecule has 0 atom stereocenters. The van der Waals surface area contributed by atoms with Crippen molar-refractivity contribution in [1.82, 2.24) is 10.1 Å². The summed E-state index contributed by atoms with van der Waals surface area (Å²) in [6.45, 7) is 0. The molecule has 19 heavy (non-hydrogen) atoms. The zero-order valence-corrected chi connectivity index (χ0v) is 11.5. The molecule has 4 nitrogen and oxygen atoms in total. The van der Waals surface area contributed by atoms with E-state index >= 15 is 0 Å². The minimum absolute atomic E-state index is 0.347. The van der Waals surface area contributed by atoms with Crippen LogP contribution in [0.15, 0.2) is 10.6 Å². The first-order valence-corrected chi connectivity index (χ1v) is 7.58. The topological polar surface area (TPSA) is 64.9 Å². The summed E-state index contributed by atoms with van der Waals surface area (Å²) in [5.74, 6) is 1.98. The van der Waals surface area contributed by atoms with Gasteiger partial charge in [0.15, 0.2) is 5.82 Å². The fraction of sp³-hybridized carbons (Fsp3) is 0.733. The van der Waals surface area contributed by atoms with Crippen LogP contribution in [0.25, 0.3) is 6.08 Å². The molecule has 0 aromatic carbocycles. The monoisotopic (exact) mass is 261 g/mol. The molecule has 2 aliphatic rings. The largest absolute Gasteiger partial charge is 0.335 e. The van der Waals surface area contributed by atoms with Crippen molar-refractivity contribution in [2.75, 3.05) is 0 Å². The molecule has 0 radical (unpaired) electrons. The second kappa shape index (κ2) is 5.45. The van der Waals surface area contributed by atoms with Gasteiger partial charge in [0.05, 0.1) is 5.54 Å². The van der Waals surface area contributed by atoms with Gasteiger partial charge < -0.3 is 10.3 Å². The molecule has 2 fully saturated rings. The first-order chi connectivity index (χ1) is 9.26. The van der Waals surface area contributed by atoms with Gasteiger partial charge in [0.2, 0.25) is 5.89 Å². The number of nitrogens with two attached hydrogens (primary N) is 1. The van der Waals surface area contributed by atoms with Crippen molar-refractivity contribution < 1.29 is 4.52 Å². The summed E-state index contributed by atoms with van der Waals surface area (Å²) in [6, 6.07) is 0. The van der Waals surface area contributed by atoms with Gasteiger partial charge in [-0.05, 0) is 37.7 Å². The minimum Gasteiger partial charge on any atom is -0.335 e. The third-order valence-electron chi connectivity index (χ3n) is 4.54. The lowest BCUT2D eigenvalue weighted by atomic mass is 9.89. The van der Waals surface area contributed by atoms with Crippen LogP contribution in [0.5, 0.6) is 0 Å². The Labute approximate surface area is 114 Å². The third kappa shape index (κ3) is 2.89. The predicted molar refractivity (Wildman–Crippen MR) is 74.2 cm³/mol. The average molecular weight is 261 g/mol. The molecule has 0 unspecified atom stereocenters. The van der Waals surface area contributed by atoms with Crippen molar-refractivity contribution in [2.24, 2.45) is 11.7 Å². The molecule has 4 heteroatoms. The first-order valence-electron chi connectivity index (χ1n) is 7.58. The summed E-state index contributed by atoms with van der Waals surface area (Å²) in [5, 5.41) is 4.07. The van der Waals surface area contributed by atoms with Gasteiger partial charge in [-0.2, -0.15) is 4.98 Å². The summed E-state index contributed by atoms with van der Waals surface area (Å²) in [4.78, 5) is 4.46. The molecule has 1 heterocycles. The van der Waals surface area contributed by atoms with E-state index in [1.807, 2.05) is 6.08 Å². The van der Waals surface area contributed by atoms with Crippen LogP contribution in [-0.2, 0) is 5.54 Å². The lowest BCUT2D eigenvalue weighted by molar-refractivity contribution is 0.363. The Hall–Kier alpha value is -1.16. The molecule has 2 aliphatic carbocycles. The molecule has 2 N–H and O–H groups in total. The summed E-state index contributed by atoms with van der Waals surface area (Å²) in [7, 11) is 0. The van der Waals surface area contributed by atoms with Crippen LogP contribution < -0.4 is 5.73 Å². The predicted octanol–water partition coefficient (Wildman–Crippen LogP) is 3.39. The van der Waals surface area contributed by atoms with E-state index in [1.165, 1.54) is 32.1 Å². The van der Waals surface area contributed by atoms with Crippen LogP contribution in [0.3, 0.4) is 0 Å². The zero-order chi connectivity index (χ0) is 13.1. The van der Waals surface area contributed by atoms with E-state index in [0.29, 0.717) is 17.6 Å². The van der Waals surface area contributed by atoms with Crippen LogP contribution in [0, 0.1) is 5.92 Å². The second-order valence-corrected chi connectivity index (χ2v) is 6.08. The van der Waals surface area contributed by atoms with Crippen molar-refractivity contribution in [1.29, 1.82) is 0 Å². The van der Waals surface area contributed by atoms with E-state index in [4.69, 9.17) is 10.3 Å². The summed E-state index contributed by atoms with van der Waals surface area (Å²) < 4.78 is 5.31. The second-order valence-electron chi connectivity index (χ2n) is 6.08. The first kappa shape index (κ1) is 12.9. The van der Waals surface area contributed by atoms with Crippen LogP contribution in [-0.4, -0.2) is 10.1 Å². The Bertz CT molecular complexity index is 440. The average Bonchev–Trinajstić information content (AvgIpc) is 3.07. The maximum Gasteiger partial charge on any atom is 0.250 e. The Kier molecular flexibility index (Phi) is 3.69. The Morgan fingerprint density at radius 1 is 1.11 bits per heavy atom. The molecule has 1 aromatic heterocycles. The molecule has 104 valence electrons. The fourth-order valence-corrected chi connectivity index (χ4v) is 3.28. The van der Waals surface area contributed by atoms with E-state index in [-0.39, 0.29) is 5.54 Å². The number of rotatable bonds is 3. The Morgan fingerprint density at radius 3 is 2.58 bits per heavy atom. The lowest BCUT2D eigenvalue weighted by Crippen LogP contribution is -2.34. The molecule has 2 saturated carbocycles. The maximum absolute atomic E-state index is 6.32. The van der Waals surface area contributed by atoms with Crippen LogP contribution in [0.2, 0.25) is 0 Å². The van der Waals surface area contributed by atoms with Crippen molar-refractivity contribution in [3.8, 4) is 0 Å². The van der Waals surface area contributed by atoms with E-state index in [2.05, 4.69) is 16.2 Å². The molecule has 0 saturated heterocycles. The van der Waals surface area contributed by atoms with Crippen molar-refractivity contribution in [3.05, 3.63) is 17.8 Å². The molecule has 3 rings (SSSR count). The number of nitrogens with zero attached hydrogens (tertiary/aromatic N) is 2. The number of aromatic nitrogens is 2. The molecule has 1 aromatic rings.